The molecule has 0 unspecified atom stereocenters. The molecule has 0 spiro atoms. The van der Waals surface area contributed by atoms with Crippen LogP contribution in [0.25, 0.3) is 0 Å². The van der Waals surface area contributed by atoms with Crippen molar-refractivity contribution in [1.82, 2.24) is 0 Å². The average molecular weight is 654 g/mol. The molecule has 1 radical (unpaired) electrons. The molecule has 0 bridgehead atoms. The molecule has 0 amide bonds. The van der Waals surface area contributed by atoms with E-state index < -0.39 is 0 Å². The van der Waals surface area contributed by atoms with Crippen molar-refractivity contribution < 1.29 is 49.2 Å². The van der Waals surface area contributed by atoms with Gasteiger partial charge in [0.25, 0.3) is 0 Å². The van der Waals surface area contributed by atoms with Crippen LogP contribution in [0.3, 0.4) is 0 Å². The largest absolute Gasteiger partial charge is 0.393 e. The van der Waals surface area contributed by atoms with E-state index in [0.717, 1.165) is 30.1 Å². The summed E-state index contributed by atoms with van der Waals surface area (Å²) in [4.78, 5) is 0. The predicted molar refractivity (Wildman–Crippen MR) is 131 cm³/mol. The van der Waals surface area contributed by atoms with Crippen molar-refractivity contribution in [3.05, 3.63) is 12.2 Å². The summed E-state index contributed by atoms with van der Waals surface area (Å²) in [6.45, 7) is 22.3. The molecule has 0 aromatic carbocycles. The van der Waals surface area contributed by atoms with Crippen molar-refractivity contribution in [1.29, 1.82) is 0 Å². The molecule has 179 valence electrons. The van der Waals surface area contributed by atoms with Crippen LogP contribution in [0.15, 0.2) is 12.2 Å². The first-order valence-corrected chi connectivity index (χ1v) is 13.6. The van der Waals surface area contributed by atoms with Crippen molar-refractivity contribution >= 4 is 0 Å². The van der Waals surface area contributed by atoms with Gasteiger partial charge >= 0.3 is 0 Å². The fraction of sp³-hybridized carbons (Fsp3) is 0.933. The minimum Gasteiger partial charge on any atom is -0.393 e. The van der Waals surface area contributed by atoms with E-state index in [1.807, 2.05) is 0 Å². The zero-order valence-corrected chi connectivity index (χ0v) is 27.0. The number of fused-ring (bicyclic) bond motifs is 7. The Balaban J connectivity index is 0.00000245. The van der Waals surface area contributed by atoms with Crippen LogP contribution >= 0.6 is 0 Å². The van der Waals surface area contributed by atoms with E-state index in [9.17, 15) is 5.11 Å². The van der Waals surface area contributed by atoms with E-state index in [2.05, 4.69) is 55.0 Å². The molecule has 2 heteroatoms. The van der Waals surface area contributed by atoms with E-state index >= 15 is 0 Å². The van der Waals surface area contributed by atoms with Gasteiger partial charge in [0.15, 0.2) is 0 Å². The smallest absolute Gasteiger partial charge is 0.0594 e. The quantitative estimate of drug-likeness (QED) is 0.284. The van der Waals surface area contributed by atoms with Gasteiger partial charge in [0.05, 0.1) is 6.10 Å². The SMILES string of the molecule is C=C(C)[C@@H]1CC[C@]2(C)CC[C@]3(C)[C@H](CC[C@@H]4[C@@]5(C)CC[C@H](O)C(C)(C)[C@@H]5CC[C@]43C)[C@@H]12.[Ac]. The Morgan fingerprint density at radius 3 is 2.09 bits per heavy atom. The molecule has 5 aliphatic rings. The van der Waals surface area contributed by atoms with Gasteiger partial charge in [-0.2, -0.15) is 0 Å². The van der Waals surface area contributed by atoms with Crippen LogP contribution in [0.2, 0.25) is 0 Å². The molecule has 0 aromatic rings. The van der Waals surface area contributed by atoms with E-state index in [1.54, 1.807) is 0 Å². The molecule has 5 rings (SSSR count). The minimum atomic E-state index is -0.118. The molecular weight excluding hydrogens is 603 g/mol. The van der Waals surface area contributed by atoms with Crippen LogP contribution in [0.1, 0.15) is 113 Å². The van der Waals surface area contributed by atoms with E-state index in [0.29, 0.717) is 27.6 Å². The number of aliphatic hydroxyl groups excluding tert-OH is 1. The van der Waals surface area contributed by atoms with Gasteiger partial charge in [-0.3, -0.25) is 0 Å². The van der Waals surface area contributed by atoms with Gasteiger partial charge in [0.2, 0.25) is 0 Å². The molecule has 5 fully saturated rings. The normalized spacial score (nSPS) is 56.1. The van der Waals surface area contributed by atoms with E-state index in [4.69, 9.17) is 0 Å². The molecule has 32 heavy (non-hydrogen) atoms. The van der Waals surface area contributed by atoms with Crippen LogP contribution in [-0.4, -0.2) is 11.2 Å². The van der Waals surface area contributed by atoms with E-state index in [-0.39, 0.29) is 55.6 Å². The van der Waals surface area contributed by atoms with Crippen LogP contribution in [-0.2, 0) is 0 Å². The minimum absolute atomic E-state index is 0. The fourth-order valence-electron chi connectivity index (χ4n) is 11.5. The first-order chi connectivity index (χ1) is 14.3. The molecule has 0 saturated heterocycles. The molecule has 0 aliphatic heterocycles. The topological polar surface area (TPSA) is 20.2 Å². The van der Waals surface area contributed by atoms with Crippen LogP contribution in [0.4, 0.5) is 0 Å². The Morgan fingerprint density at radius 1 is 0.750 bits per heavy atom. The second-order valence-electron chi connectivity index (χ2n) is 14.7. The van der Waals surface area contributed by atoms with Gasteiger partial charge in [-0.15, -0.1) is 0 Å². The first kappa shape index (κ1) is 26.2. The summed E-state index contributed by atoms with van der Waals surface area (Å²) in [5.74, 6) is 3.98. The summed E-state index contributed by atoms with van der Waals surface area (Å²) in [6.07, 6.45) is 13.4. The summed E-state index contributed by atoms with van der Waals surface area (Å²) in [6, 6.07) is 0. The van der Waals surface area contributed by atoms with Crippen LogP contribution in [0.5, 0.6) is 0 Å². The third-order valence-corrected chi connectivity index (χ3v) is 13.5. The third kappa shape index (κ3) is 3.19. The number of rotatable bonds is 1. The van der Waals surface area contributed by atoms with Crippen molar-refractivity contribution in [2.24, 2.45) is 56.7 Å². The number of allylic oxidation sites excluding steroid dienone is 1. The second kappa shape index (κ2) is 8.07. The maximum atomic E-state index is 10.9. The van der Waals surface area contributed by atoms with Crippen molar-refractivity contribution in [2.75, 3.05) is 0 Å². The van der Waals surface area contributed by atoms with Gasteiger partial charge in [-0.05, 0) is 128 Å². The summed E-state index contributed by atoms with van der Waals surface area (Å²) >= 11 is 0. The fourth-order valence-corrected chi connectivity index (χ4v) is 11.5. The third-order valence-electron chi connectivity index (χ3n) is 13.5. The van der Waals surface area contributed by atoms with Gasteiger partial charge in [0.1, 0.15) is 0 Å². The maximum absolute atomic E-state index is 10.9. The van der Waals surface area contributed by atoms with Crippen molar-refractivity contribution in [3.8, 4) is 0 Å². The van der Waals surface area contributed by atoms with Crippen LogP contribution in [0, 0.1) is 101 Å². The number of aliphatic hydroxyl groups is 1. The molecule has 5 saturated carbocycles. The summed E-state index contributed by atoms with van der Waals surface area (Å²) in [5.41, 5.74) is 3.38. The average Bonchev–Trinajstić information content (AvgIpc) is 3.04. The van der Waals surface area contributed by atoms with Crippen LogP contribution < -0.4 is 0 Å². The molecule has 1 nitrogen and oxygen atoms in total. The monoisotopic (exact) mass is 653 g/mol. The standard InChI is InChI=1S/C30H50O.Ac/c1-19(2)20-11-14-27(5)17-18-29(7)21(25(20)27)9-10-23-28(6)15-13-24(31)26(3,4)22(28)12-16-30(23,29)8;/h20-25,31H,1,9-18H2,2-8H3;/t20-,21+,22-,23+,24-,25+,27+,28-,29+,30+;/m0./s1. The summed E-state index contributed by atoms with van der Waals surface area (Å²) in [7, 11) is 0. The Bertz CT molecular complexity index is 773. The zero-order valence-electron chi connectivity index (χ0n) is 22.3. The Kier molecular flexibility index (Phi) is 6.61. The second-order valence-corrected chi connectivity index (χ2v) is 14.7. The molecule has 0 aromatic heterocycles. The van der Waals surface area contributed by atoms with Gasteiger partial charge < -0.3 is 5.11 Å². The van der Waals surface area contributed by atoms with Gasteiger partial charge in [-0.1, -0.05) is 53.7 Å². The summed E-state index contributed by atoms with van der Waals surface area (Å²) in [5, 5.41) is 10.9. The summed E-state index contributed by atoms with van der Waals surface area (Å²) < 4.78 is 0. The van der Waals surface area contributed by atoms with Crippen molar-refractivity contribution in [3.63, 3.8) is 0 Å². The van der Waals surface area contributed by atoms with Crippen molar-refractivity contribution in [2.45, 2.75) is 119 Å². The molecule has 10 atom stereocenters. The Labute approximate surface area is 234 Å². The van der Waals surface area contributed by atoms with E-state index in [1.165, 1.54) is 63.4 Å². The number of hydrogen-bond donors (Lipinski definition) is 1. The molecule has 0 heterocycles. The van der Waals surface area contributed by atoms with Gasteiger partial charge in [0, 0.05) is 44.1 Å². The number of hydrogen-bond acceptors (Lipinski definition) is 1. The van der Waals surface area contributed by atoms with Gasteiger partial charge in [-0.25, -0.2) is 0 Å². The maximum Gasteiger partial charge on any atom is 0.0594 e. The first-order valence-electron chi connectivity index (χ1n) is 13.6. The zero-order chi connectivity index (χ0) is 22.6. The Morgan fingerprint density at radius 2 is 1.44 bits per heavy atom. The molecular formula is C30H50AcO. The molecule has 5 aliphatic carbocycles. The predicted octanol–water partition coefficient (Wildman–Crippen LogP) is 8.02. The molecule has 1 N–H and O–H groups in total. The Hall–Kier alpha value is 1.14.